The molecule has 10 heteroatoms. The van der Waals surface area contributed by atoms with Gasteiger partial charge in [0.15, 0.2) is 0 Å². The average Bonchev–Trinajstić information content (AvgIpc) is 1.14. The predicted octanol–water partition coefficient (Wildman–Crippen LogP) is 24.1. The summed E-state index contributed by atoms with van der Waals surface area (Å²) in [5.74, 6) is 3.56. The van der Waals surface area contributed by atoms with Gasteiger partial charge in [-0.2, -0.15) is 0 Å². The standard InChI is InChI=1S/C85H130O10/c1-6-11-16-21-26-31-36-41-46-91-81-61-66-52-72-57-78(88)68(63-83(72)93-48-43-38-33-28-23-18-13-8-3)54-74-59-80(90)70(65-85(74)95-50-45-40-35-30-25-20-15-10-5)55-75-60-79(89)69(64-84(75)94-49-44-39-34-29-24-19-14-9-4)53-73-58-77(87)67(51-71(81)56-76(66)86)62-82(73)92-47-42-37-32-27-22-17-12-7-2/h56-65,86-90H,6-55H2,1-5H3. The second-order valence-electron chi connectivity index (χ2n) is 27.9. The molecule has 0 amide bonds. The van der Waals surface area contributed by atoms with Crippen LogP contribution in [-0.2, 0) is 32.1 Å². The Morgan fingerprint density at radius 1 is 0.189 bits per heavy atom. The first kappa shape index (κ1) is 78.1. The van der Waals surface area contributed by atoms with Gasteiger partial charge in [-0.15, -0.1) is 0 Å². The quantitative estimate of drug-likeness (QED) is 0.0234. The number of phenols is 5. The minimum absolute atomic E-state index is 0.0815. The maximum Gasteiger partial charge on any atom is 0.123 e. The predicted molar refractivity (Wildman–Crippen MR) is 395 cm³/mol. The third kappa shape index (κ3) is 29.4. The first-order valence-electron chi connectivity index (χ1n) is 38.9. The molecule has 0 spiro atoms. The van der Waals surface area contributed by atoms with E-state index in [1.54, 1.807) is 30.3 Å². The highest BCUT2D eigenvalue weighted by Crippen LogP contribution is 2.42. The maximum atomic E-state index is 12.2. The van der Waals surface area contributed by atoms with Gasteiger partial charge in [0.2, 0.25) is 0 Å². The lowest BCUT2D eigenvalue weighted by atomic mass is 9.94. The highest BCUT2D eigenvalue weighted by Gasteiger charge is 2.23. The molecule has 10 aliphatic carbocycles. The Morgan fingerprint density at radius 2 is 0.326 bits per heavy atom. The number of unbranched alkanes of at least 4 members (excludes halogenated alkanes) is 35. The van der Waals surface area contributed by atoms with E-state index in [1.165, 1.54) is 161 Å². The van der Waals surface area contributed by atoms with Gasteiger partial charge in [0, 0.05) is 87.7 Å². The van der Waals surface area contributed by atoms with E-state index >= 15 is 0 Å². The monoisotopic (exact) mass is 1310 g/mol. The third-order valence-corrected chi connectivity index (χ3v) is 19.5. The Labute approximate surface area is 576 Å². The van der Waals surface area contributed by atoms with Crippen LogP contribution in [-0.4, -0.2) is 58.6 Å². The molecule has 0 radical (unpaired) electrons. The van der Waals surface area contributed by atoms with Crippen LogP contribution in [0.1, 0.15) is 347 Å². The summed E-state index contributed by atoms with van der Waals surface area (Å²) in [6, 6.07) is 18.6. The number of hydrogen-bond donors (Lipinski definition) is 5. The molecule has 0 fully saturated rings. The van der Waals surface area contributed by atoms with Crippen LogP contribution in [0.15, 0.2) is 60.7 Å². The summed E-state index contributed by atoms with van der Waals surface area (Å²) in [6.07, 6.45) is 48.0. The van der Waals surface area contributed by atoms with Gasteiger partial charge in [-0.25, -0.2) is 0 Å². The van der Waals surface area contributed by atoms with Crippen LogP contribution in [0.2, 0.25) is 0 Å². The fourth-order valence-corrected chi connectivity index (χ4v) is 13.5. The molecule has 0 atom stereocenters. The van der Waals surface area contributed by atoms with Crippen molar-refractivity contribution in [1.29, 1.82) is 0 Å². The van der Waals surface area contributed by atoms with Crippen molar-refractivity contribution >= 4 is 0 Å². The van der Waals surface area contributed by atoms with Crippen LogP contribution < -0.4 is 23.7 Å². The molecule has 0 saturated carbocycles. The van der Waals surface area contributed by atoms with E-state index in [2.05, 4.69) is 34.6 Å². The lowest BCUT2D eigenvalue weighted by Crippen LogP contribution is -2.06. The van der Waals surface area contributed by atoms with Crippen molar-refractivity contribution in [3.05, 3.63) is 116 Å². The number of phenolic OH excluding ortho intramolecular Hbond substituents is 5. The zero-order chi connectivity index (χ0) is 67.5. The highest BCUT2D eigenvalue weighted by atomic mass is 16.5. The zero-order valence-electron chi connectivity index (χ0n) is 60.4. The van der Waals surface area contributed by atoms with E-state index in [9.17, 15) is 25.5 Å². The first-order valence-corrected chi connectivity index (χ1v) is 38.9. The molecule has 10 aliphatic rings. The molecule has 95 heavy (non-hydrogen) atoms. The molecule has 5 aromatic rings. The van der Waals surface area contributed by atoms with Gasteiger partial charge in [0.25, 0.3) is 0 Å². The van der Waals surface area contributed by atoms with E-state index in [1.807, 2.05) is 30.3 Å². The fourth-order valence-electron chi connectivity index (χ4n) is 13.5. The van der Waals surface area contributed by atoms with Gasteiger partial charge in [-0.05, 0) is 92.8 Å². The van der Waals surface area contributed by atoms with Crippen LogP contribution >= 0.6 is 0 Å². The second-order valence-corrected chi connectivity index (χ2v) is 27.9. The maximum absolute atomic E-state index is 12.2. The Kier molecular flexibility index (Phi) is 38.7. The number of hydrogen-bond acceptors (Lipinski definition) is 10. The van der Waals surface area contributed by atoms with Crippen molar-refractivity contribution in [2.24, 2.45) is 0 Å². The molecular weight excluding hydrogens is 1180 g/mol. The lowest BCUT2D eigenvalue weighted by Gasteiger charge is -2.19. The van der Waals surface area contributed by atoms with E-state index in [4.69, 9.17) is 23.7 Å². The largest absolute Gasteiger partial charge is 0.508 e. The van der Waals surface area contributed by atoms with Crippen LogP contribution in [0.4, 0.5) is 0 Å². The van der Waals surface area contributed by atoms with Gasteiger partial charge in [-0.1, -0.05) is 259 Å². The zero-order valence-corrected chi connectivity index (χ0v) is 60.4. The molecule has 5 aromatic carbocycles. The van der Waals surface area contributed by atoms with Gasteiger partial charge >= 0.3 is 0 Å². The van der Waals surface area contributed by atoms with Crippen LogP contribution in [0.3, 0.4) is 0 Å². The summed E-state index contributed by atoms with van der Waals surface area (Å²) in [5.41, 5.74) is 6.83. The van der Waals surface area contributed by atoms with E-state index in [-0.39, 0.29) is 60.9 Å². The van der Waals surface area contributed by atoms with Crippen LogP contribution in [0.5, 0.6) is 57.5 Å². The molecule has 10 nitrogen and oxygen atoms in total. The van der Waals surface area contributed by atoms with Crippen molar-refractivity contribution in [3.63, 3.8) is 0 Å². The first-order chi connectivity index (χ1) is 46.5. The van der Waals surface area contributed by atoms with E-state index in [0.717, 1.165) is 124 Å². The van der Waals surface area contributed by atoms with Crippen molar-refractivity contribution in [1.82, 2.24) is 0 Å². The minimum atomic E-state index is 0.0815. The molecule has 0 aliphatic heterocycles. The molecule has 0 heterocycles. The van der Waals surface area contributed by atoms with Crippen molar-refractivity contribution in [3.8, 4) is 57.5 Å². The third-order valence-electron chi connectivity index (χ3n) is 19.5. The van der Waals surface area contributed by atoms with Crippen LogP contribution in [0, 0.1) is 0 Å². The number of ether oxygens (including phenoxy) is 5. The Hall–Kier alpha value is -5.90. The second kappa shape index (κ2) is 47.1. The summed E-state index contributed by atoms with van der Waals surface area (Å²) >= 11 is 0. The molecule has 5 N–H and O–H groups in total. The molecular formula is C85H130O10. The van der Waals surface area contributed by atoms with Gasteiger partial charge in [0.05, 0.1) is 33.0 Å². The lowest BCUT2D eigenvalue weighted by molar-refractivity contribution is 0.298. The highest BCUT2D eigenvalue weighted by molar-refractivity contribution is 5.59. The van der Waals surface area contributed by atoms with E-state index in [0.29, 0.717) is 89.6 Å². The number of rotatable bonds is 50. The van der Waals surface area contributed by atoms with Crippen molar-refractivity contribution in [2.45, 2.75) is 324 Å². The summed E-state index contributed by atoms with van der Waals surface area (Å²) < 4.78 is 33.9. The van der Waals surface area contributed by atoms with Gasteiger partial charge in [-0.3, -0.25) is 0 Å². The molecule has 530 valence electrons. The van der Waals surface area contributed by atoms with Crippen LogP contribution in [0.25, 0.3) is 0 Å². The molecule has 0 unspecified atom stereocenters. The summed E-state index contributed by atoms with van der Waals surface area (Å²) in [5, 5.41) is 61.1. The summed E-state index contributed by atoms with van der Waals surface area (Å²) in [6.45, 7) is 13.8. The number of benzene rings is 5. The summed E-state index contributed by atoms with van der Waals surface area (Å²) in [4.78, 5) is 0. The molecule has 15 rings (SSSR count). The molecule has 0 aromatic heterocycles. The Morgan fingerprint density at radius 3 is 0.474 bits per heavy atom. The smallest absolute Gasteiger partial charge is 0.123 e. The molecule has 0 saturated heterocycles. The molecule has 10 bridgehead atoms. The van der Waals surface area contributed by atoms with E-state index < -0.39 is 0 Å². The average molecular weight is 1310 g/mol. The Balaban J connectivity index is 1.45. The van der Waals surface area contributed by atoms with Crippen molar-refractivity contribution in [2.75, 3.05) is 33.0 Å². The number of aromatic hydroxyl groups is 5. The van der Waals surface area contributed by atoms with Crippen molar-refractivity contribution < 1.29 is 49.2 Å². The Bertz CT molecular complexity index is 2440. The topological polar surface area (TPSA) is 147 Å². The minimum Gasteiger partial charge on any atom is -0.508 e. The fraction of sp³-hybridized carbons (Fsp3) is 0.647. The normalized spacial score (nSPS) is 12.3. The van der Waals surface area contributed by atoms with Gasteiger partial charge in [0.1, 0.15) is 57.5 Å². The summed E-state index contributed by atoms with van der Waals surface area (Å²) in [7, 11) is 0. The van der Waals surface area contributed by atoms with Gasteiger partial charge < -0.3 is 49.2 Å². The SMILES string of the molecule is CCCCCCCCCCOc1cc2c(O)cc1Cc1cc(OCCCCCCCCCC)c(cc1O)Cc1cc(OCCCCCCCCCC)c(cc1O)Cc1cc(OCCCCCCCCCC)c(cc1O)Cc1cc(OCCCCCCCCCC)c(cc1O)C2.